The molecule has 1 N–H and O–H groups in total. The lowest BCUT2D eigenvalue weighted by Crippen LogP contribution is -2.19. The lowest BCUT2D eigenvalue weighted by Gasteiger charge is -2.18. The summed E-state index contributed by atoms with van der Waals surface area (Å²) in [5.41, 5.74) is 4.15. The van der Waals surface area contributed by atoms with Crippen LogP contribution in [0.4, 0.5) is 0 Å². The summed E-state index contributed by atoms with van der Waals surface area (Å²) in [4.78, 5) is 13.6. The van der Waals surface area contributed by atoms with E-state index in [0.29, 0.717) is 5.82 Å². The maximum atomic E-state index is 10.1. The van der Waals surface area contributed by atoms with Gasteiger partial charge in [0.25, 0.3) is 0 Å². The Morgan fingerprint density at radius 1 is 1.07 bits per heavy atom. The van der Waals surface area contributed by atoms with Crippen LogP contribution in [0.1, 0.15) is 43.5 Å². The molecule has 0 radical (unpaired) electrons. The minimum absolute atomic E-state index is 0.199. The van der Waals surface area contributed by atoms with Crippen LogP contribution in [0, 0.1) is 0 Å². The summed E-state index contributed by atoms with van der Waals surface area (Å²) in [6.07, 6.45) is 5.48. The second-order valence-electron chi connectivity index (χ2n) is 8.25. The largest absolute Gasteiger partial charge is 0.496 e. The van der Waals surface area contributed by atoms with E-state index in [4.69, 9.17) is 9.72 Å². The molecule has 1 atom stereocenters. The number of hydrogen-bond donors (Lipinski definition) is 1. The van der Waals surface area contributed by atoms with Crippen molar-refractivity contribution < 1.29 is 9.84 Å². The normalized spacial score (nSPS) is 16.1. The fourth-order valence-corrected chi connectivity index (χ4v) is 4.27. The summed E-state index contributed by atoms with van der Waals surface area (Å²) >= 11 is 0. The number of aromatic nitrogens is 4. The summed E-state index contributed by atoms with van der Waals surface area (Å²) in [6.45, 7) is 3.36. The molecule has 6 heteroatoms. The molecule has 1 unspecified atom stereocenters. The number of imidazole rings is 1. The van der Waals surface area contributed by atoms with E-state index in [-0.39, 0.29) is 6.04 Å². The highest BCUT2D eigenvalue weighted by Gasteiger charge is 2.29. The summed E-state index contributed by atoms with van der Waals surface area (Å²) in [5, 5.41) is 10.1. The predicted octanol–water partition coefficient (Wildman–Crippen LogP) is 4.26. The van der Waals surface area contributed by atoms with Crippen molar-refractivity contribution in [2.75, 3.05) is 7.11 Å². The summed E-state index contributed by atoms with van der Waals surface area (Å²) < 4.78 is 7.96. The molecule has 5 rings (SSSR count). The summed E-state index contributed by atoms with van der Waals surface area (Å²) in [7, 11) is 1.72. The first kappa shape index (κ1) is 18.8. The molecule has 1 aliphatic rings. The van der Waals surface area contributed by atoms with Crippen molar-refractivity contribution in [2.24, 2.45) is 0 Å². The quantitative estimate of drug-likeness (QED) is 0.554. The first-order valence-electron chi connectivity index (χ1n) is 10.1. The predicted molar refractivity (Wildman–Crippen MR) is 115 cm³/mol. The van der Waals surface area contributed by atoms with Crippen molar-refractivity contribution >= 4 is 11.0 Å². The molecule has 152 valence electrons. The van der Waals surface area contributed by atoms with Crippen LogP contribution in [0.2, 0.25) is 0 Å². The highest BCUT2D eigenvalue weighted by molar-refractivity contribution is 5.83. The van der Waals surface area contributed by atoms with Crippen LogP contribution in [0.3, 0.4) is 0 Å². The van der Waals surface area contributed by atoms with E-state index in [1.54, 1.807) is 33.4 Å². The number of para-hydroxylation sites is 1. The molecule has 0 fully saturated rings. The van der Waals surface area contributed by atoms with Gasteiger partial charge in [-0.15, -0.1) is 0 Å². The zero-order valence-electron chi connectivity index (χ0n) is 17.3. The lowest BCUT2D eigenvalue weighted by atomic mass is 10.0. The van der Waals surface area contributed by atoms with Crippen molar-refractivity contribution in [3.8, 4) is 16.9 Å². The number of nitrogens with zero attached hydrogens (tertiary/aromatic N) is 4. The number of hydrogen-bond acceptors (Lipinski definition) is 5. The van der Waals surface area contributed by atoms with Gasteiger partial charge in [0.05, 0.1) is 24.2 Å². The number of benzene rings is 2. The van der Waals surface area contributed by atoms with Gasteiger partial charge >= 0.3 is 0 Å². The van der Waals surface area contributed by atoms with Crippen molar-refractivity contribution in [3.05, 3.63) is 72.1 Å². The van der Waals surface area contributed by atoms with E-state index in [1.807, 2.05) is 18.2 Å². The summed E-state index contributed by atoms with van der Waals surface area (Å²) in [6, 6.07) is 14.7. The second-order valence-corrected chi connectivity index (χ2v) is 8.25. The minimum Gasteiger partial charge on any atom is -0.496 e. The van der Waals surface area contributed by atoms with Gasteiger partial charge in [0.2, 0.25) is 0 Å². The number of fused-ring (bicyclic) bond motifs is 3. The third kappa shape index (κ3) is 3.04. The van der Waals surface area contributed by atoms with Gasteiger partial charge in [0.1, 0.15) is 17.2 Å². The number of aliphatic hydroxyl groups is 1. The molecule has 0 amide bonds. The van der Waals surface area contributed by atoms with Crippen LogP contribution in [0.15, 0.2) is 54.9 Å². The average Bonchev–Trinajstić information content (AvgIpc) is 3.32. The van der Waals surface area contributed by atoms with Crippen molar-refractivity contribution in [1.29, 1.82) is 0 Å². The molecule has 0 spiro atoms. The highest BCUT2D eigenvalue weighted by Crippen LogP contribution is 2.39. The first-order chi connectivity index (χ1) is 14.5. The molecule has 2 aromatic carbocycles. The van der Waals surface area contributed by atoms with Crippen LogP contribution >= 0.6 is 0 Å². The Morgan fingerprint density at radius 3 is 2.57 bits per heavy atom. The number of methoxy groups -OCH3 is 1. The molecular formula is C24H24N4O2. The third-order valence-electron chi connectivity index (χ3n) is 5.75. The van der Waals surface area contributed by atoms with Crippen molar-refractivity contribution in [1.82, 2.24) is 19.5 Å². The number of ether oxygens (including phenoxy) is 1. The van der Waals surface area contributed by atoms with E-state index in [9.17, 15) is 5.11 Å². The molecule has 3 heterocycles. The molecule has 0 saturated heterocycles. The Kier molecular flexibility index (Phi) is 4.33. The maximum Gasteiger partial charge on any atom is 0.159 e. The van der Waals surface area contributed by atoms with Crippen molar-refractivity contribution in [3.63, 3.8) is 0 Å². The first-order valence-corrected chi connectivity index (χ1v) is 10.1. The smallest absolute Gasteiger partial charge is 0.159 e. The molecule has 6 nitrogen and oxygen atoms in total. The highest BCUT2D eigenvalue weighted by atomic mass is 16.5. The molecule has 4 aromatic rings. The van der Waals surface area contributed by atoms with Crippen molar-refractivity contribution in [2.45, 2.75) is 38.3 Å². The third-order valence-corrected chi connectivity index (χ3v) is 5.75. The Balaban J connectivity index is 1.59. The van der Waals surface area contributed by atoms with Gasteiger partial charge in [-0.1, -0.05) is 24.3 Å². The van der Waals surface area contributed by atoms with E-state index < -0.39 is 5.60 Å². The van der Waals surface area contributed by atoms with Gasteiger partial charge in [-0.25, -0.2) is 15.0 Å². The van der Waals surface area contributed by atoms with Gasteiger partial charge in [-0.2, -0.15) is 0 Å². The zero-order valence-corrected chi connectivity index (χ0v) is 17.3. The SMILES string of the molecule is COc1ccccc1C1CCc2nc3ccc(-c4cnc(C(C)(C)O)nc4)cc3n21. The Morgan fingerprint density at radius 2 is 1.83 bits per heavy atom. The maximum absolute atomic E-state index is 10.1. The molecule has 0 saturated carbocycles. The van der Waals surface area contributed by atoms with Gasteiger partial charge in [0.15, 0.2) is 5.82 Å². The molecular weight excluding hydrogens is 376 g/mol. The van der Waals surface area contributed by atoms with Gasteiger partial charge in [0, 0.05) is 29.9 Å². The van der Waals surface area contributed by atoms with Gasteiger partial charge < -0.3 is 14.4 Å². The average molecular weight is 400 g/mol. The van der Waals surface area contributed by atoms with E-state index >= 15 is 0 Å². The topological polar surface area (TPSA) is 73.1 Å². The van der Waals surface area contributed by atoms with E-state index in [1.165, 1.54) is 5.56 Å². The van der Waals surface area contributed by atoms with Crippen LogP contribution in [0.5, 0.6) is 5.75 Å². The fraction of sp³-hybridized carbons (Fsp3) is 0.292. The van der Waals surface area contributed by atoms with E-state index in [2.05, 4.69) is 38.8 Å². The molecule has 0 bridgehead atoms. The Bertz CT molecular complexity index is 1220. The lowest BCUT2D eigenvalue weighted by molar-refractivity contribution is 0.0687. The monoisotopic (exact) mass is 400 g/mol. The number of rotatable bonds is 4. The van der Waals surface area contributed by atoms with Crippen LogP contribution < -0.4 is 4.74 Å². The summed E-state index contributed by atoms with van der Waals surface area (Å²) in [5.74, 6) is 2.42. The molecule has 1 aliphatic heterocycles. The molecule has 30 heavy (non-hydrogen) atoms. The molecule has 2 aromatic heterocycles. The Hall–Kier alpha value is -3.25. The van der Waals surface area contributed by atoms with Crippen LogP contribution in [-0.4, -0.2) is 31.7 Å². The fourth-order valence-electron chi connectivity index (χ4n) is 4.27. The standard InChI is InChI=1S/C24H24N4O2/c1-24(2,29)23-25-13-16(14-26-23)15-8-9-18-20(12-15)28-19(10-11-22(28)27-18)17-6-4-5-7-21(17)30-3/h4-9,12-14,19,29H,10-11H2,1-3H3. The molecule has 0 aliphatic carbocycles. The van der Waals surface area contributed by atoms with Gasteiger partial charge in [-0.3, -0.25) is 0 Å². The van der Waals surface area contributed by atoms with Gasteiger partial charge in [-0.05, 0) is 44.0 Å². The van der Waals surface area contributed by atoms with Crippen LogP contribution in [-0.2, 0) is 12.0 Å². The minimum atomic E-state index is -1.06. The van der Waals surface area contributed by atoms with E-state index in [0.717, 1.165) is 46.6 Å². The van der Waals surface area contributed by atoms with Crippen LogP contribution in [0.25, 0.3) is 22.2 Å². The number of aryl methyl sites for hydroxylation is 1. The Labute approximate surface area is 175 Å². The zero-order chi connectivity index (χ0) is 20.9. The second kappa shape index (κ2) is 6.92.